The Morgan fingerprint density at radius 2 is 1.94 bits per heavy atom. The molecular weight excluding hydrogens is 208 g/mol. The Bertz CT molecular complexity index is 252. The number of rotatable bonds is 7. The van der Waals surface area contributed by atoms with Crippen LogP contribution in [0, 0.1) is 0 Å². The molecule has 0 heterocycles. The summed E-state index contributed by atoms with van der Waals surface area (Å²) < 4.78 is 0. The van der Waals surface area contributed by atoms with Crippen molar-refractivity contribution in [1.82, 2.24) is 10.6 Å². The fourth-order valence-electron chi connectivity index (χ4n) is 1.55. The number of hydrogen-bond acceptors (Lipinski definition) is 3. The molecule has 5 heteroatoms. The van der Waals surface area contributed by atoms with Crippen molar-refractivity contribution >= 4 is 11.9 Å². The fraction of sp³-hybridized carbons (Fsp3) is 0.818. The molecule has 0 aliphatic rings. The lowest BCUT2D eigenvalue weighted by atomic mass is 10.0. The largest absolute Gasteiger partial charge is 0.481 e. The molecule has 0 fully saturated rings. The second kappa shape index (κ2) is 6.48. The molecule has 16 heavy (non-hydrogen) atoms. The summed E-state index contributed by atoms with van der Waals surface area (Å²) in [7, 11) is 0. The van der Waals surface area contributed by atoms with E-state index < -0.39 is 11.5 Å². The Hall–Kier alpha value is -1.10. The molecule has 1 unspecified atom stereocenters. The van der Waals surface area contributed by atoms with E-state index >= 15 is 0 Å². The molecule has 1 amide bonds. The van der Waals surface area contributed by atoms with Gasteiger partial charge in [-0.1, -0.05) is 6.92 Å². The molecule has 0 aromatic heterocycles. The molecular formula is C11H22N2O3. The Labute approximate surface area is 96.6 Å². The third-order valence-electron chi connectivity index (χ3n) is 2.12. The van der Waals surface area contributed by atoms with Crippen molar-refractivity contribution in [3.8, 4) is 0 Å². The summed E-state index contributed by atoms with van der Waals surface area (Å²) in [6.07, 6.45) is 0.283. The first-order chi connectivity index (χ1) is 7.26. The van der Waals surface area contributed by atoms with Gasteiger partial charge in [0.05, 0.1) is 6.42 Å². The molecule has 0 saturated carbocycles. The molecule has 0 saturated heterocycles. The molecule has 0 aliphatic heterocycles. The Morgan fingerprint density at radius 3 is 2.38 bits per heavy atom. The van der Waals surface area contributed by atoms with Gasteiger partial charge in [-0.05, 0) is 27.3 Å². The number of aliphatic carboxylic acids is 1. The summed E-state index contributed by atoms with van der Waals surface area (Å²) >= 11 is 0. The highest BCUT2D eigenvalue weighted by atomic mass is 16.4. The molecule has 0 aromatic carbocycles. The maximum Gasteiger partial charge on any atom is 0.305 e. The number of carbonyl (C=O) groups excluding carboxylic acids is 1. The van der Waals surface area contributed by atoms with Gasteiger partial charge in [0.15, 0.2) is 0 Å². The Balaban J connectivity index is 4.07. The van der Waals surface area contributed by atoms with Crippen molar-refractivity contribution < 1.29 is 14.7 Å². The number of carbonyl (C=O) groups is 2. The van der Waals surface area contributed by atoms with Crippen LogP contribution in [0.3, 0.4) is 0 Å². The van der Waals surface area contributed by atoms with Gasteiger partial charge in [0.1, 0.15) is 0 Å². The molecule has 0 rings (SSSR count). The number of hydrogen-bond donors (Lipinski definition) is 3. The van der Waals surface area contributed by atoms with Gasteiger partial charge < -0.3 is 15.7 Å². The SMILES string of the molecule is CCNC(C)CC(=O)NC(C)(C)CC(=O)O. The van der Waals surface area contributed by atoms with Gasteiger partial charge in [-0.25, -0.2) is 0 Å². The lowest BCUT2D eigenvalue weighted by Gasteiger charge is -2.25. The van der Waals surface area contributed by atoms with Crippen LogP contribution in [0.15, 0.2) is 0 Å². The molecule has 0 radical (unpaired) electrons. The van der Waals surface area contributed by atoms with E-state index in [-0.39, 0.29) is 18.4 Å². The van der Waals surface area contributed by atoms with Crippen LogP contribution in [0.5, 0.6) is 0 Å². The van der Waals surface area contributed by atoms with Crippen LogP contribution >= 0.6 is 0 Å². The van der Waals surface area contributed by atoms with Crippen molar-refractivity contribution in [3.63, 3.8) is 0 Å². The third kappa shape index (κ3) is 7.23. The predicted octanol–water partition coefficient (Wildman–Crippen LogP) is 0.744. The lowest BCUT2D eigenvalue weighted by molar-refractivity contribution is -0.138. The molecule has 0 aliphatic carbocycles. The maximum atomic E-state index is 11.6. The zero-order chi connectivity index (χ0) is 12.8. The van der Waals surface area contributed by atoms with E-state index in [9.17, 15) is 9.59 Å². The zero-order valence-electron chi connectivity index (χ0n) is 10.5. The first-order valence-electron chi connectivity index (χ1n) is 5.53. The quantitative estimate of drug-likeness (QED) is 0.603. The smallest absolute Gasteiger partial charge is 0.305 e. The second-order valence-electron chi connectivity index (χ2n) is 4.67. The van der Waals surface area contributed by atoms with Gasteiger partial charge in [-0.2, -0.15) is 0 Å². The van der Waals surface area contributed by atoms with Crippen LogP contribution < -0.4 is 10.6 Å². The van der Waals surface area contributed by atoms with Crippen LogP contribution in [0.1, 0.15) is 40.5 Å². The average Bonchev–Trinajstić information content (AvgIpc) is 1.98. The molecule has 0 bridgehead atoms. The molecule has 0 spiro atoms. The summed E-state index contributed by atoms with van der Waals surface area (Å²) in [6.45, 7) is 8.12. The van der Waals surface area contributed by atoms with E-state index in [1.165, 1.54) is 0 Å². The minimum Gasteiger partial charge on any atom is -0.481 e. The first-order valence-corrected chi connectivity index (χ1v) is 5.53. The van der Waals surface area contributed by atoms with Gasteiger partial charge >= 0.3 is 5.97 Å². The fourth-order valence-corrected chi connectivity index (χ4v) is 1.55. The van der Waals surface area contributed by atoms with E-state index in [2.05, 4.69) is 10.6 Å². The van der Waals surface area contributed by atoms with Crippen LogP contribution in [-0.2, 0) is 9.59 Å². The van der Waals surface area contributed by atoms with Crippen LogP contribution in [0.2, 0.25) is 0 Å². The van der Waals surface area contributed by atoms with E-state index in [0.29, 0.717) is 6.42 Å². The third-order valence-corrected chi connectivity index (χ3v) is 2.12. The van der Waals surface area contributed by atoms with Crippen molar-refractivity contribution in [3.05, 3.63) is 0 Å². The highest BCUT2D eigenvalue weighted by molar-refractivity contribution is 5.78. The number of carboxylic acid groups (broad SMARTS) is 1. The topological polar surface area (TPSA) is 78.4 Å². The summed E-state index contributed by atoms with van der Waals surface area (Å²) in [5, 5.41) is 14.5. The molecule has 0 aromatic rings. The van der Waals surface area contributed by atoms with E-state index in [1.54, 1.807) is 13.8 Å². The molecule has 3 N–H and O–H groups in total. The monoisotopic (exact) mass is 230 g/mol. The minimum absolute atomic E-state index is 0.0751. The highest BCUT2D eigenvalue weighted by Crippen LogP contribution is 2.08. The standard InChI is InChI=1S/C11H22N2O3/c1-5-12-8(2)6-9(14)13-11(3,4)7-10(15)16/h8,12H,5-7H2,1-4H3,(H,13,14)(H,15,16). The number of amides is 1. The second-order valence-corrected chi connectivity index (χ2v) is 4.67. The summed E-state index contributed by atoms with van der Waals surface area (Å²) in [4.78, 5) is 22.1. The van der Waals surface area contributed by atoms with E-state index in [4.69, 9.17) is 5.11 Å². The maximum absolute atomic E-state index is 11.6. The van der Waals surface area contributed by atoms with Crippen molar-refractivity contribution in [1.29, 1.82) is 0 Å². The van der Waals surface area contributed by atoms with Gasteiger partial charge in [-0.15, -0.1) is 0 Å². The van der Waals surface area contributed by atoms with Gasteiger partial charge in [0, 0.05) is 18.0 Å². The zero-order valence-corrected chi connectivity index (χ0v) is 10.5. The summed E-state index contributed by atoms with van der Waals surface area (Å²) in [5.74, 6) is -1.04. The minimum atomic E-state index is -0.912. The van der Waals surface area contributed by atoms with Crippen LogP contribution in [0.25, 0.3) is 0 Å². The molecule has 5 nitrogen and oxygen atoms in total. The number of nitrogens with one attached hydrogen (secondary N) is 2. The predicted molar refractivity (Wildman–Crippen MR) is 62.2 cm³/mol. The van der Waals surface area contributed by atoms with Crippen molar-refractivity contribution in [2.24, 2.45) is 0 Å². The van der Waals surface area contributed by atoms with E-state index in [1.807, 2.05) is 13.8 Å². The summed E-state index contributed by atoms with van der Waals surface area (Å²) in [5.41, 5.74) is -0.700. The average molecular weight is 230 g/mol. The Morgan fingerprint density at radius 1 is 1.38 bits per heavy atom. The van der Waals surface area contributed by atoms with Gasteiger partial charge in [-0.3, -0.25) is 9.59 Å². The lowest BCUT2D eigenvalue weighted by Crippen LogP contribution is -2.46. The van der Waals surface area contributed by atoms with Crippen LogP contribution in [-0.4, -0.2) is 35.1 Å². The normalized spacial score (nSPS) is 13.2. The van der Waals surface area contributed by atoms with Gasteiger partial charge in [0.25, 0.3) is 0 Å². The molecule has 94 valence electrons. The highest BCUT2D eigenvalue weighted by Gasteiger charge is 2.24. The van der Waals surface area contributed by atoms with E-state index in [0.717, 1.165) is 6.54 Å². The molecule has 1 atom stereocenters. The van der Waals surface area contributed by atoms with Crippen molar-refractivity contribution in [2.75, 3.05) is 6.54 Å². The Kier molecular flexibility index (Phi) is 6.03. The summed E-state index contributed by atoms with van der Waals surface area (Å²) in [6, 6.07) is 0.102. The van der Waals surface area contributed by atoms with Gasteiger partial charge in [0.2, 0.25) is 5.91 Å². The first kappa shape index (κ1) is 14.9. The number of carboxylic acids is 1. The van der Waals surface area contributed by atoms with Crippen molar-refractivity contribution in [2.45, 2.75) is 52.1 Å². The van der Waals surface area contributed by atoms with Crippen LogP contribution in [0.4, 0.5) is 0 Å².